The summed E-state index contributed by atoms with van der Waals surface area (Å²) in [5.41, 5.74) is 4.47. The van der Waals surface area contributed by atoms with Gasteiger partial charge in [0.2, 0.25) is 0 Å². The quantitative estimate of drug-likeness (QED) is 0.303. The van der Waals surface area contributed by atoms with Crippen molar-refractivity contribution in [3.05, 3.63) is 71.9 Å². The van der Waals surface area contributed by atoms with Crippen LogP contribution < -0.4 is 4.74 Å². The van der Waals surface area contributed by atoms with Crippen LogP contribution in [-0.2, 0) is 22.5 Å². The first-order chi connectivity index (χ1) is 15.0. The Morgan fingerprint density at radius 2 is 1.78 bits per heavy atom. The molecular formula is C25H31CaNO4S. The maximum atomic E-state index is 11.3. The molecule has 0 fully saturated rings. The van der Waals surface area contributed by atoms with E-state index in [4.69, 9.17) is 9.47 Å². The maximum Gasteiger partial charge on any atom is 2.00 e. The average molecular weight is 482 g/mol. The molecule has 0 aliphatic rings. The zero-order valence-corrected chi connectivity index (χ0v) is 21.9. The standard InChI is InChI=1S/C25H29NO4S.Ca.2H/c1-4-29-24(25(27)28)17-19-6-10-21(11-7-19)30-16-15-26-18(2)5-14-23(26)20-8-12-22(31-3)13-9-20;;;/h5-14,24H,4,15-17H2,1-3H3,(H,27,28);;;/q;+2;2*-1. The molecule has 0 radical (unpaired) electrons. The Morgan fingerprint density at radius 3 is 2.38 bits per heavy atom. The molecule has 168 valence electrons. The fraction of sp³-hybridized carbons (Fsp3) is 0.320. The van der Waals surface area contributed by atoms with Crippen LogP contribution in [0.15, 0.2) is 65.6 Å². The van der Waals surface area contributed by atoms with Gasteiger partial charge in [-0.3, -0.25) is 0 Å². The maximum absolute atomic E-state index is 11.3. The third kappa shape index (κ3) is 7.29. The van der Waals surface area contributed by atoms with Crippen LogP contribution in [0.3, 0.4) is 0 Å². The Bertz CT molecular complexity index is 997. The molecule has 1 unspecified atom stereocenters. The summed E-state index contributed by atoms with van der Waals surface area (Å²) < 4.78 is 13.5. The number of hydrogen-bond donors (Lipinski definition) is 1. The van der Waals surface area contributed by atoms with Crippen molar-refractivity contribution in [3.63, 3.8) is 0 Å². The molecule has 3 rings (SSSR count). The molecule has 0 amide bonds. The largest absolute Gasteiger partial charge is 2.00 e. The molecule has 0 aliphatic carbocycles. The van der Waals surface area contributed by atoms with E-state index in [9.17, 15) is 9.90 Å². The smallest absolute Gasteiger partial charge is 1.00 e. The van der Waals surface area contributed by atoms with Crippen LogP contribution in [0.2, 0.25) is 0 Å². The first kappa shape index (κ1) is 26.8. The number of benzene rings is 2. The van der Waals surface area contributed by atoms with Gasteiger partial charge in [0.15, 0.2) is 6.10 Å². The second kappa shape index (κ2) is 13.3. The van der Waals surface area contributed by atoms with Crippen LogP contribution in [0.4, 0.5) is 0 Å². The third-order valence-corrected chi connectivity index (χ3v) is 5.90. The van der Waals surface area contributed by atoms with E-state index in [2.05, 4.69) is 54.1 Å². The van der Waals surface area contributed by atoms with Gasteiger partial charge in [-0.25, -0.2) is 4.79 Å². The summed E-state index contributed by atoms with van der Waals surface area (Å²) in [6.07, 6.45) is 1.59. The Morgan fingerprint density at radius 1 is 1.09 bits per heavy atom. The Hall–Kier alpha value is -1.44. The Kier molecular flexibility index (Phi) is 11.2. The first-order valence-electron chi connectivity index (χ1n) is 10.4. The summed E-state index contributed by atoms with van der Waals surface area (Å²) in [5.74, 6) is -0.175. The van der Waals surface area contributed by atoms with E-state index in [1.165, 1.54) is 21.8 Å². The minimum Gasteiger partial charge on any atom is -1.00 e. The van der Waals surface area contributed by atoms with Crippen molar-refractivity contribution in [2.75, 3.05) is 19.5 Å². The Labute approximate surface area is 227 Å². The van der Waals surface area contributed by atoms with Gasteiger partial charge in [0.05, 0.1) is 6.54 Å². The van der Waals surface area contributed by atoms with Crippen LogP contribution in [0.5, 0.6) is 5.75 Å². The molecule has 7 heteroatoms. The molecule has 5 nitrogen and oxygen atoms in total. The van der Waals surface area contributed by atoms with Gasteiger partial charge in [-0.2, -0.15) is 0 Å². The van der Waals surface area contributed by atoms with E-state index in [1.807, 2.05) is 24.3 Å². The molecule has 0 saturated carbocycles. The predicted octanol–water partition coefficient (Wildman–Crippen LogP) is 5.14. The van der Waals surface area contributed by atoms with E-state index in [0.29, 0.717) is 19.6 Å². The SMILES string of the molecule is CCOC(Cc1ccc(OCCn2c(C)ccc2-c2ccc(SC)cc2)cc1)C(=O)O.[Ca+2].[H-].[H-]. The van der Waals surface area contributed by atoms with Gasteiger partial charge in [-0.1, -0.05) is 24.3 Å². The molecule has 32 heavy (non-hydrogen) atoms. The molecule has 0 saturated heterocycles. The van der Waals surface area contributed by atoms with Crippen LogP contribution in [-0.4, -0.2) is 79.0 Å². The van der Waals surface area contributed by atoms with Gasteiger partial charge in [-0.15, -0.1) is 11.8 Å². The first-order valence-corrected chi connectivity index (χ1v) is 11.6. The second-order valence-corrected chi connectivity index (χ2v) is 8.10. The number of carboxylic acid groups (broad SMARTS) is 1. The zero-order chi connectivity index (χ0) is 22.2. The van der Waals surface area contributed by atoms with E-state index in [-0.39, 0.29) is 40.6 Å². The van der Waals surface area contributed by atoms with Crippen molar-refractivity contribution in [2.45, 2.75) is 37.8 Å². The van der Waals surface area contributed by atoms with Crippen molar-refractivity contribution >= 4 is 55.5 Å². The molecule has 1 aromatic heterocycles. The normalized spacial score (nSPS) is 11.6. The molecular weight excluding hydrogens is 450 g/mol. The molecule has 1 N–H and O–H groups in total. The number of aliphatic carboxylic acids is 1. The topological polar surface area (TPSA) is 60.7 Å². The predicted molar refractivity (Wildman–Crippen MR) is 133 cm³/mol. The third-order valence-electron chi connectivity index (χ3n) is 5.16. The molecule has 0 spiro atoms. The summed E-state index contributed by atoms with van der Waals surface area (Å²) in [6.45, 7) is 5.56. The monoisotopic (exact) mass is 481 g/mol. The van der Waals surface area contributed by atoms with Gasteiger partial charge in [0.1, 0.15) is 12.4 Å². The number of ether oxygens (including phenoxy) is 2. The number of thioether (sulfide) groups is 1. The number of carbonyl (C=O) groups is 1. The fourth-order valence-electron chi connectivity index (χ4n) is 3.49. The molecule has 0 aliphatic heterocycles. The van der Waals surface area contributed by atoms with Crippen molar-refractivity contribution in [1.29, 1.82) is 0 Å². The van der Waals surface area contributed by atoms with Gasteiger partial charge >= 0.3 is 43.7 Å². The van der Waals surface area contributed by atoms with Crippen LogP contribution in [0.1, 0.15) is 21.0 Å². The van der Waals surface area contributed by atoms with Crippen molar-refractivity contribution < 1.29 is 22.2 Å². The van der Waals surface area contributed by atoms with Crippen LogP contribution >= 0.6 is 11.8 Å². The summed E-state index contributed by atoms with van der Waals surface area (Å²) in [7, 11) is 0. The zero-order valence-electron chi connectivity index (χ0n) is 20.9. The molecule has 1 atom stereocenters. The van der Waals surface area contributed by atoms with Gasteiger partial charge in [0.25, 0.3) is 0 Å². The summed E-state index contributed by atoms with van der Waals surface area (Å²) in [5, 5.41) is 9.23. The number of aromatic nitrogens is 1. The number of aryl methyl sites for hydroxylation is 1. The summed E-state index contributed by atoms with van der Waals surface area (Å²) >= 11 is 1.74. The van der Waals surface area contributed by atoms with Crippen molar-refractivity contribution in [2.24, 2.45) is 0 Å². The molecule has 3 aromatic rings. The molecule has 1 heterocycles. The van der Waals surface area contributed by atoms with Crippen molar-refractivity contribution in [1.82, 2.24) is 4.57 Å². The van der Waals surface area contributed by atoms with Crippen molar-refractivity contribution in [3.8, 4) is 17.0 Å². The van der Waals surface area contributed by atoms with Gasteiger partial charge in [-0.05, 0) is 67.6 Å². The average Bonchev–Trinajstić information content (AvgIpc) is 3.15. The van der Waals surface area contributed by atoms with Crippen LogP contribution in [0.25, 0.3) is 11.3 Å². The van der Waals surface area contributed by atoms with Gasteiger partial charge < -0.3 is 22.0 Å². The second-order valence-electron chi connectivity index (χ2n) is 7.22. The molecule has 2 aromatic carbocycles. The number of hydrogen-bond acceptors (Lipinski definition) is 4. The fourth-order valence-corrected chi connectivity index (χ4v) is 3.90. The number of carboxylic acids is 1. The number of nitrogens with zero attached hydrogens (tertiary/aromatic N) is 1. The van der Waals surface area contributed by atoms with E-state index < -0.39 is 12.1 Å². The Balaban J connectivity index is 0.00000363. The summed E-state index contributed by atoms with van der Waals surface area (Å²) in [4.78, 5) is 12.5. The summed E-state index contributed by atoms with van der Waals surface area (Å²) in [6, 6.07) is 20.4. The van der Waals surface area contributed by atoms with Crippen LogP contribution in [0, 0.1) is 6.92 Å². The minimum absolute atomic E-state index is 0. The van der Waals surface area contributed by atoms with E-state index in [0.717, 1.165) is 17.9 Å². The van der Waals surface area contributed by atoms with E-state index >= 15 is 0 Å². The number of rotatable bonds is 11. The molecule has 0 bridgehead atoms. The van der Waals surface area contributed by atoms with Gasteiger partial charge in [0, 0.05) is 29.3 Å². The van der Waals surface area contributed by atoms with E-state index in [1.54, 1.807) is 18.7 Å². The minimum atomic E-state index is -0.942.